The SMILES string of the molecule is Cc1ccc(N(CC(=O)N(Cc2cccc(Br)c2)[C@@H](C)C(=O)NC2CCCC2)S(C)(=O)=O)cc1C. The van der Waals surface area contributed by atoms with Crippen LogP contribution in [0.25, 0.3) is 0 Å². The second-order valence-corrected chi connectivity index (χ2v) is 12.2. The third-order valence-electron chi connectivity index (χ3n) is 6.57. The zero-order valence-electron chi connectivity index (χ0n) is 20.8. The molecule has 0 saturated heterocycles. The predicted molar refractivity (Wildman–Crippen MR) is 143 cm³/mol. The molecule has 0 unspecified atom stereocenters. The summed E-state index contributed by atoms with van der Waals surface area (Å²) in [5.74, 6) is -0.667. The molecule has 2 aromatic rings. The first-order chi connectivity index (χ1) is 16.5. The van der Waals surface area contributed by atoms with E-state index in [2.05, 4.69) is 21.2 Å². The van der Waals surface area contributed by atoms with Crippen LogP contribution in [-0.4, -0.2) is 50.0 Å². The molecule has 190 valence electrons. The molecule has 1 fully saturated rings. The Labute approximate surface area is 217 Å². The number of aryl methyl sites for hydroxylation is 2. The molecule has 0 aromatic heterocycles. The third kappa shape index (κ3) is 7.30. The van der Waals surface area contributed by atoms with Crippen LogP contribution >= 0.6 is 15.9 Å². The minimum Gasteiger partial charge on any atom is -0.352 e. The second kappa shape index (κ2) is 11.6. The summed E-state index contributed by atoms with van der Waals surface area (Å²) >= 11 is 3.45. The van der Waals surface area contributed by atoms with Crippen LogP contribution in [0.15, 0.2) is 46.9 Å². The summed E-state index contributed by atoms with van der Waals surface area (Å²) in [6.45, 7) is 5.33. The molecule has 0 spiro atoms. The fourth-order valence-corrected chi connectivity index (χ4v) is 5.59. The van der Waals surface area contributed by atoms with Crippen LogP contribution in [0.5, 0.6) is 0 Å². The van der Waals surface area contributed by atoms with Crippen molar-refractivity contribution in [1.29, 1.82) is 0 Å². The van der Waals surface area contributed by atoms with E-state index in [4.69, 9.17) is 0 Å². The van der Waals surface area contributed by atoms with Crippen LogP contribution in [0.2, 0.25) is 0 Å². The molecule has 0 radical (unpaired) electrons. The number of carbonyl (C=O) groups excluding carboxylic acids is 2. The fourth-order valence-electron chi connectivity index (χ4n) is 4.30. The number of anilines is 1. The van der Waals surface area contributed by atoms with E-state index in [0.29, 0.717) is 5.69 Å². The maximum atomic E-state index is 13.6. The summed E-state index contributed by atoms with van der Waals surface area (Å²) in [6, 6.07) is 12.2. The minimum atomic E-state index is -3.74. The summed E-state index contributed by atoms with van der Waals surface area (Å²) in [5.41, 5.74) is 3.22. The zero-order chi connectivity index (χ0) is 25.8. The average molecular weight is 565 g/mol. The molecular weight excluding hydrogens is 530 g/mol. The molecule has 1 aliphatic carbocycles. The third-order valence-corrected chi connectivity index (χ3v) is 8.20. The van der Waals surface area contributed by atoms with Crippen molar-refractivity contribution in [2.24, 2.45) is 0 Å². The summed E-state index contributed by atoms with van der Waals surface area (Å²) in [6.07, 6.45) is 5.13. The van der Waals surface area contributed by atoms with Gasteiger partial charge in [0.1, 0.15) is 12.6 Å². The molecule has 1 saturated carbocycles. The number of hydrogen-bond donors (Lipinski definition) is 1. The van der Waals surface area contributed by atoms with Crippen molar-refractivity contribution in [3.05, 3.63) is 63.6 Å². The Morgan fingerprint density at radius 3 is 2.37 bits per heavy atom. The van der Waals surface area contributed by atoms with E-state index in [9.17, 15) is 18.0 Å². The lowest BCUT2D eigenvalue weighted by atomic mass is 10.1. The Balaban J connectivity index is 1.89. The Morgan fingerprint density at radius 1 is 1.09 bits per heavy atom. The van der Waals surface area contributed by atoms with Gasteiger partial charge in [-0.15, -0.1) is 0 Å². The van der Waals surface area contributed by atoms with Crippen LogP contribution in [0.4, 0.5) is 5.69 Å². The van der Waals surface area contributed by atoms with Gasteiger partial charge in [-0.05, 0) is 74.6 Å². The van der Waals surface area contributed by atoms with E-state index in [1.165, 1.54) is 4.90 Å². The van der Waals surface area contributed by atoms with Crippen molar-refractivity contribution in [1.82, 2.24) is 10.2 Å². The topological polar surface area (TPSA) is 86.8 Å². The van der Waals surface area contributed by atoms with E-state index in [-0.39, 0.29) is 18.5 Å². The largest absolute Gasteiger partial charge is 0.352 e. The van der Waals surface area contributed by atoms with E-state index in [1.807, 2.05) is 44.2 Å². The smallest absolute Gasteiger partial charge is 0.244 e. The molecule has 3 rings (SSSR count). The molecule has 2 amide bonds. The molecule has 0 bridgehead atoms. The van der Waals surface area contributed by atoms with E-state index < -0.39 is 28.5 Å². The predicted octanol–water partition coefficient (Wildman–Crippen LogP) is 4.31. The molecule has 35 heavy (non-hydrogen) atoms. The number of nitrogens with zero attached hydrogens (tertiary/aromatic N) is 2. The highest BCUT2D eigenvalue weighted by Gasteiger charge is 2.31. The van der Waals surface area contributed by atoms with Crippen LogP contribution in [-0.2, 0) is 26.2 Å². The molecule has 1 atom stereocenters. The fraction of sp³-hybridized carbons (Fsp3) is 0.462. The normalized spacial score (nSPS) is 15.0. The lowest BCUT2D eigenvalue weighted by Gasteiger charge is -2.32. The van der Waals surface area contributed by atoms with Crippen molar-refractivity contribution in [3.63, 3.8) is 0 Å². The lowest BCUT2D eigenvalue weighted by Crippen LogP contribution is -2.52. The van der Waals surface area contributed by atoms with Gasteiger partial charge in [0.05, 0.1) is 11.9 Å². The molecule has 7 nitrogen and oxygen atoms in total. The molecule has 2 aromatic carbocycles. The number of carbonyl (C=O) groups is 2. The van der Waals surface area contributed by atoms with Gasteiger partial charge in [-0.3, -0.25) is 13.9 Å². The van der Waals surface area contributed by atoms with Crippen LogP contribution in [0.3, 0.4) is 0 Å². The maximum absolute atomic E-state index is 13.6. The molecule has 0 aliphatic heterocycles. The van der Waals surface area contributed by atoms with Gasteiger partial charge in [0, 0.05) is 17.1 Å². The molecule has 1 N–H and O–H groups in total. The number of amides is 2. The van der Waals surface area contributed by atoms with Crippen molar-refractivity contribution in [2.75, 3.05) is 17.1 Å². The summed E-state index contributed by atoms with van der Waals surface area (Å²) in [7, 11) is -3.74. The number of sulfonamides is 1. The number of hydrogen-bond acceptors (Lipinski definition) is 4. The molecule has 0 heterocycles. The Hall–Kier alpha value is -2.39. The van der Waals surface area contributed by atoms with Crippen LogP contribution < -0.4 is 9.62 Å². The van der Waals surface area contributed by atoms with Gasteiger partial charge >= 0.3 is 0 Å². The van der Waals surface area contributed by atoms with Gasteiger partial charge < -0.3 is 10.2 Å². The van der Waals surface area contributed by atoms with Gasteiger partial charge in [-0.25, -0.2) is 8.42 Å². The van der Waals surface area contributed by atoms with Gasteiger partial charge in [-0.2, -0.15) is 0 Å². The monoisotopic (exact) mass is 563 g/mol. The van der Waals surface area contributed by atoms with E-state index in [0.717, 1.165) is 57.4 Å². The summed E-state index contributed by atoms with van der Waals surface area (Å²) < 4.78 is 27.4. The first-order valence-corrected chi connectivity index (χ1v) is 14.5. The highest BCUT2D eigenvalue weighted by Crippen LogP contribution is 2.23. The number of halogens is 1. The van der Waals surface area contributed by atoms with Crippen molar-refractivity contribution in [3.8, 4) is 0 Å². The summed E-state index contributed by atoms with van der Waals surface area (Å²) in [5, 5.41) is 3.07. The number of rotatable bonds is 9. The Bertz CT molecular complexity index is 1180. The maximum Gasteiger partial charge on any atom is 0.244 e. The van der Waals surface area contributed by atoms with Crippen molar-refractivity contribution < 1.29 is 18.0 Å². The zero-order valence-corrected chi connectivity index (χ0v) is 23.2. The Kier molecular flexibility index (Phi) is 8.99. The van der Waals surface area contributed by atoms with Crippen molar-refractivity contribution in [2.45, 2.75) is 65.1 Å². The summed E-state index contributed by atoms with van der Waals surface area (Å²) in [4.78, 5) is 28.2. The Morgan fingerprint density at radius 2 is 1.77 bits per heavy atom. The van der Waals surface area contributed by atoms with Crippen LogP contribution in [0.1, 0.15) is 49.3 Å². The minimum absolute atomic E-state index is 0.121. The number of nitrogens with one attached hydrogen (secondary N) is 1. The van der Waals surface area contributed by atoms with Gasteiger partial charge in [-0.1, -0.05) is 47.0 Å². The van der Waals surface area contributed by atoms with E-state index in [1.54, 1.807) is 19.1 Å². The van der Waals surface area contributed by atoms with Crippen LogP contribution in [0, 0.1) is 13.8 Å². The standard InChI is InChI=1S/C26H34BrN3O4S/c1-18-12-13-24(14-19(18)2)30(35(4,33)34)17-25(31)29(16-21-8-7-9-22(27)15-21)20(3)26(32)28-23-10-5-6-11-23/h7-9,12-15,20,23H,5-6,10-11,16-17H2,1-4H3,(H,28,32)/t20-/m0/s1. The van der Waals surface area contributed by atoms with Crippen molar-refractivity contribution >= 4 is 43.5 Å². The first-order valence-electron chi connectivity index (χ1n) is 11.8. The molecule has 1 aliphatic rings. The quantitative estimate of drug-likeness (QED) is 0.492. The highest BCUT2D eigenvalue weighted by molar-refractivity contribution is 9.10. The average Bonchev–Trinajstić information content (AvgIpc) is 3.29. The van der Waals surface area contributed by atoms with Gasteiger partial charge in [0.15, 0.2) is 0 Å². The first kappa shape index (κ1) is 27.2. The molecule has 9 heteroatoms. The number of benzene rings is 2. The van der Waals surface area contributed by atoms with E-state index >= 15 is 0 Å². The van der Waals surface area contributed by atoms with Gasteiger partial charge in [0.2, 0.25) is 21.8 Å². The lowest BCUT2D eigenvalue weighted by molar-refractivity contribution is -0.139. The second-order valence-electron chi connectivity index (χ2n) is 9.36. The highest BCUT2D eigenvalue weighted by atomic mass is 79.9. The molecular formula is C26H34BrN3O4S. The van der Waals surface area contributed by atoms with Gasteiger partial charge in [0.25, 0.3) is 0 Å².